The number of hydrogen-bond donors (Lipinski definition) is 0. The predicted molar refractivity (Wildman–Crippen MR) is 135 cm³/mol. The second-order valence-corrected chi connectivity index (χ2v) is 11.0. The van der Waals surface area contributed by atoms with E-state index in [-0.39, 0.29) is 0 Å². The fraction of sp³-hybridized carbons (Fsp3) is 0.625. The third-order valence-corrected chi connectivity index (χ3v) is 5.12. The summed E-state index contributed by atoms with van der Waals surface area (Å²) in [4.78, 5) is 5.24. The van der Waals surface area contributed by atoms with E-state index < -0.39 is 0 Å². The molecule has 0 amide bonds. The number of nitrogens with zero attached hydrogens (tertiary/aromatic N) is 1. The molecule has 0 aliphatic heterocycles. The standard InChI is InChI=1S/C24H37Br2NO3/c1-17(2)21-15-20(28-14-11-23(25)26)16-22(18(3)4)24(21)29-12-9-7-8-10-13-30-27-19(5)6/h11,15-18H,7-10,12-14H2,1-6H3. The van der Waals surface area contributed by atoms with Gasteiger partial charge in [0.1, 0.15) is 24.7 Å². The van der Waals surface area contributed by atoms with E-state index in [0.717, 1.165) is 52.9 Å². The average molecular weight is 547 g/mol. The first kappa shape index (κ1) is 27.0. The number of oxime groups is 1. The summed E-state index contributed by atoms with van der Waals surface area (Å²) in [5.74, 6) is 2.64. The van der Waals surface area contributed by atoms with Crippen LogP contribution in [0.15, 0.2) is 26.8 Å². The third-order valence-electron chi connectivity index (χ3n) is 4.48. The van der Waals surface area contributed by atoms with E-state index in [1.165, 1.54) is 11.1 Å². The van der Waals surface area contributed by atoms with Gasteiger partial charge in [-0.05, 0) is 101 Å². The highest BCUT2D eigenvalue weighted by atomic mass is 79.9. The predicted octanol–water partition coefficient (Wildman–Crippen LogP) is 8.30. The zero-order valence-corrected chi connectivity index (χ0v) is 22.4. The normalized spacial score (nSPS) is 10.9. The van der Waals surface area contributed by atoms with Crippen LogP contribution in [0.1, 0.15) is 90.2 Å². The van der Waals surface area contributed by atoms with Crippen LogP contribution in [-0.4, -0.2) is 25.5 Å². The second kappa shape index (κ2) is 14.9. The summed E-state index contributed by atoms with van der Waals surface area (Å²) in [5, 5.41) is 3.96. The number of ether oxygens (including phenoxy) is 2. The van der Waals surface area contributed by atoms with Gasteiger partial charge in [-0.3, -0.25) is 0 Å². The summed E-state index contributed by atoms with van der Waals surface area (Å²) >= 11 is 6.73. The highest BCUT2D eigenvalue weighted by Crippen LogP contribution is 2.38. The van der Waals surface area contributed by atoms with E-state index in [4.69, 9.17) is 14.3 Å². The maximum atomic E-state index is 6.31. The Hall–Kier alpha value is -1.01. The van der Waals surface area contributed by atoms with Gasteiger partial charge in [-0.2, -0.15) is 0 Å². The first-order chi connectivity index (χ1) is 14.2. The van der Waals surface area contributed by atoms with Gasteiger partial charge >= 0.3 is 0 Å². The Kier molecular flexibility index (Phi) is 13.4. The highest BCUT2D eigenvalue weighted by Gasteiger charge is 2.18. The molecule has 6 heteroatoms. The monoisotopic (exact) mass is 545 g/mol. The zero-order valence-electron chi connectivity index (χ0n) is 19.3. The first-order valence-electron chi connectivity index (χ1n) is 10.8. The van der Waals surface area contributed by atoms with Crippen LogP contribution in [-0.2, 0) is 4.84 Å². The van der Waals surface area contributed by atoms with E-state index >= 15 is 0 Å². The highest BCUT2D eigenvalue weighted by molar-refractivity contribution is 9.28. The van der Waals surface area contributed by atoms with Crippen LogP contribution in [0.3, 0.4) is 0 Å². The van der Waals surface area contributed by atoms with Crippen LogP contribution >= 0.6 is 31.9 Å². The molecule has 170 valence electrons. The molecule has 0 fully saturated rings. The Morgan fingerprint density at radius 1 is 0.900 bits per heavy atom. The molecule has 0 saturated heterocycles. The Morgan fingerprint density at radius 3 is 1.97 bits per heavy atom. The minimum absolute atomic E-state index is 0.360. The molecule has 0 bridgehead atoms. The second-order valence-electron chi connectivity index (χ2n) is 8.18. The molecule has 0 atom stereocenters. The van der Waals surface area contributed by atoms with Crippen molar-refractivity contribution in [2.45, 2.75) is 79.1 Å². The summed E-state index contributed by atoms with van der Waals surface area (Å²) in [5.41, 5.74) is 3.37. The van der Waals surface area contributed by atoms with Crippen molar-refractivity contribution in [3.05, 3.63) is 32.7 Å². The van der Waals surface area contributed by atoms with E-state index in [9.17, 15) is 0 Å². The first-order valence-corrected chi connectivity index (χ1v) is 12.4. The van der Waals surface area contributed by atoms with E-state index in [0.29, 0.717) is 25.0 Å². The van der Waals surface area contributed by atoms with Crippen LogP contribution < -0.4 is 9.47 Å². The lowest BCUT2D eigenvalue weighted by atomic mass is 9.93. The van der Waals surface area contributed by atoms with Gasteiger partial charge in [0.15, 0.2) is 0 Å². The topological polar surface area (TPSA) is 40.0 Å². The Morgan fingerprint density at radius 2 is 1.47 bits per heavy atom. The molecule has 1 aromatic carbocycles. The number of hydrogen-bond acceptors (Lipinski definition) is 4. The molecular weight excluding hydrogens is 510 g/mol. The van der Waals surface area contributed by atoms with Crippen molar-refractivity contribution in [1.82, 2.24) is 0 Å². The zero-order chi connectivity index (χ0) is 22.5. The van der Waals surface area contributed by atoms with Crippen molar-refractivity contribution in [1.29, 1.82) is 0 Å². The molecule has 0 radical (unpaired) electrons. The van der Waals surface area contributed by atoms with Gasteiger partial charge in [0.2, 0.25) is 0 Å². The lowest BCUT2D eigenvalue weighted by molar-refractivity contribution is 0.139. The van der Waals surface area contributed by atoms with Gasteiger partial charge in [0.05, 0.1) is 15.7 Å². The Bertz CT molecular complexity index is 663. The third kappa shape index (κ3) is 10.9. The maximum absolute atomic E-state index is 6.31. The molecule has 0 spiro atoms. The van der Waals surface area contributed by atoms with Gasteiger partial charge in [-0.25, -0.2) is 0 Å². The van der Waals surface area contributed by atoms with E-state index in [1.54, 1.807) is 0 Å². The molecule has 0 aromatic heterocycles. The molecule has 0 heterocycles. The lowest BCUT2D eigenvalue weighted by Gasteiger charge is -2.22. The SMILES string of the molecule is CC(C)=NOCCCCCCOc1c(C(C)C)cc(OCC=C(Br)Br)cc1C(C)C. The van der Waals surface area contributed by atoms with Crippen LogP contribution in [0.5, 0.6) is 11.5 Å². The summed E-state index contributed by atoms with van der Waals surface area (Å²) in [6.45, 7) is 14.6. The Balaban J connectivity index is 2.68. The van der Waals surface area contributed by atoms with Gasteiger partial charge in [0, 0.05) is 11.1 Å². The van der Waals surface area contributed by atoms with Gasteiger partial charge in [0.25, 0.3) is 0 Å². The number of unbranched alkanes of at least 4 members (excludes halogenated alkanes) is 3. The molecule has 0 aliphatic carbocycles. The molecule has 4 nitrogen and oxygen atoms in total. The largest absolute Gasteiger partial charge is 0.493 e. The molecule has 30 heavy (non-hydrogen) atoms. The quantitative estimate of drug-likeness (QED) is 0.134. The minimum atomic E-state index is 0.360. The van der Waals surface area contributed by atoms with Crippen molar-refractivity contribution in [2.75, 3.05) is 19.8 Å². The summed E-state index contributed by atoms with van der Waals surface area (Å²) < 4.78 is 13.1. The number of rotatable bonds is 14. The van der Waals surface area contributed by atoms with Crippen molar-refractivity contribution in [3.63, 3.8) is 0 Å². The van der Waals surface area contributed by atoms with Crippen molar-refractivity contribution < 1.29 is 14.3 Å². The Labute approximate surface area is 199 Å². The smallest absolute Gasteiger partial charge is 0.126 e. The fourth-order valence-corrected chi connectivity index (χ4v) is 3.19. The van der Waals surface area contributed by atoms with Crippen LogP contribution in [0.25, 0.3) is 0 Å². The van der Waals surface area contributed by atoms with E-state index in [2.05, 4.69) is 76.8 Å². The van der Waals surface area contributed by atoms with E-state index in [1.807, 2.05) is 19.9 Å². The van der Waals surface area contributed by atoms with Crippen molar-refractivity contribution >= 4 is 37.6 Å². The van der Waals surface area contributed by atoms with Crippen LogP contribution in [0.4, 0.5) is 0 Å². The van der Waals surface area contributed by atoms with Crippen molar-refractivity contribution in [3.8, 4) is 11.5 Å². The van der Waals surface area contributed by atoms with Crippen LogP contribution in [0, 0.1) is 0 Å². The van der Waals surface area contributed by atoms with Crippen molar-refractivity contribution in [2.24, 2.45) is 5.16 Å². The molecule has 0 unspecified atom stereocenters. The molecular formula is C24H37Br2NO3. The van der Waals surface area contributed by atoms with Crippen LogP contribution in [0.2, 0.25) is 0 Å². The maximum Gasteiger partial charge on any atom is 0.126 e. The van der Waals surface area contributed by atoms with Gasteiger partial charge in [-0.1, -0.05) is 32.9 Å². The molecule has 0 N–H and O–H groups in total. The number of benzene rings is 1. The average Bonchev–Trinajstić information content (AvgIpc) is 2.66. The van der Waals surface area contributed by atoms with Gasteiger partial charge < -0.3 is 14.3 Å². The minimum Gasteiger partial charge on any atom is -0.493 e. The number of halogens is 2. The summed E-state index contributed by atoms with van der Waals surface area (Å²) in [7, 11) is 0. The molecule has 1 rings (SSSR count). The van der Waals surface area contributed by atoms with Gasteiger partial charge in [-0.15, -0.1) is 0 Å². The lowest BCUT2D eigenvalue weighted by Crippen LogP contribution is -2.07. The fourth-order valence-electron chi connectivity index (χ4n) is 2.93. The summed E-state index contributed by atoms with van der Waals surface area (Å²) in [6, 6.07) is 4.24. The molecule has 1 aromatic rings. The summed E-state index contributed by atoms with van der Waals surface area (Å²) in [6.07, 6.45) is 6.25. The molecule has 0 aliphatic rings. The molecule has 0 saturated carbocycles.